The Hall–Kier alpha value is -1.02. The lowest BCUT2D eigenvalue weighted by molar-refractivity contribution is 0.382. The highest BCUT2D eigenvalue weighted by Crippen LogP contribution is 2.18. The van der Waals surface area contributed by atoms with Crippen LogP contribution in [0.2, 0.25) is 0 Å². The Morgan fingerprint density at radius 3 is 2.56 bits per heavy atom. The van der Waals surface area contributed by atoms with Crippen molar-refractivity contribution in [3.8, 4) is 5.75 Å². The smallest absolute Gasteiger partial charge is 0.120 e. The topological polar surface area (TPSA) is 32.3 Å². The summed E-state index contributed by atoms with van der Waals surface area (Å²) >= 11 is 0. The number of benzene rings is 1. The van der Waals surface area contributed by atoms with Gasteiger partial charge in [0.05, 0.1) is 0 Å². The predicted octanol–water partition coefficient (Wildman–Crippen LogP) is 3.22. The van der Waals surface area contributed by atoms with E-state index in [4.69, 9.17) is 0 Å². The highest BCUT2D eigenvalue weighted by Gasteiger charge is 2.10. The monoisotopic (exact) mass is 221 g/mol. The molecule has 0 fully saturated rings. The van der Waals surface area contributed by atoms with Crippen molar-refractivity contribution in [2.45, 2.75) is 46.7 Å². The van der Waals surface area contributed by atoms with Gasteiger partial charge in [-0.2, -0.15) is 0 Å². The van der Waals surface area contributed by atoms with Crippen LogP contribution in [0.3, 0.4) is 0 Å². The van der Waals surface area contributed by atoms with E-state index in [0.29, 0.717) is 17.7 Å². The molecule has 1 unspecified atom stereocenters. The Morgan fingerprint density at radius 1 is 1.31 bits per heavy atom. The molecule has 0 amide bonds. The van der Waals surface area contributed by atoms with E-state index in [1.165, 1.54) is 5.56 Å². The number of hydrogen-bond acceptors (Lipinski definition) is 2. The molecule has 0 saturated carbocycles. The molecule has 16 heavy (non-hydrogen) atoms. The van der Waals surface area contributed by atoms with Crippen molar-refractivity contribution in [2.24, 2.45) is 5.92 Å². The van der Waals surface area contributed by atoms with Gasteiger partial charge in [-0.1, -0.05) is 38.5 Å². The van der Waals surface area contributed by atoms with E-state index >= 15 is 0 Å². The lowest BCUT2D eigenvalue weighted by Gasteiger charge is -2.21. The minimum atomic E-state index is 0.386. The number of rotatable bonds is 5. The van der Waals surface area contributed by atoms with Crippen LogP contribution in [0.25, 0.3) is 0 Å². The number of phenols is 1. The van der Waals surface area contributed by atoms with Crippen LogP contribution in [0.4, 0.5) is 0 Å². The highest BCUT2D eigenvalue weighted by atomic mass is 16.3. The number of phenolic OH excluding ortho intramolecular Hbond substituents is 1. The van der Waals surface area contributed by atoms with Gasteiger partial charge in [-0.25, -0.2) is 0 Å². The van der Waals surface area contributed by atoms with Crippen LogP contribution in [-0.4, -0.2) is 11.1 Å². The summed E-state index contributed by atoms with van der Waals surface area (Å²) < 4.78 is 0. The summed E-state index contributed by atoms with van der Waals surface area (Å²) in [5.74, 6) is 1.01. The van der Waals surface area contributed by atoms with Crippen LogP contribution in [0.15, 0.2) is 18.2 Å². The molecule has 0 aliphatic heterocycles. The molecule has 0 aliphatic rings. The summed E-state index contributed by atoms with van der Waals surface area (Å²) in [6.07, 6.45) is 1.12. The zero-order chi connectivity index (χ0) is 12.1. The minimum Gasteiger partial charge on any atom is -0.508 e. The van der Waals surface area contributed by atoms with Gasteiger partial charge in [-0.05, 0) is 25.3 Å². The van der Waals surface area contributed by atoms with Crippen molar-refractivity contribution >= 4 is 0 Å². The minimum absolute atomic E-state index is 0.386. The van der Waals surface area contributed by atoms with Gasteiger partial charge in [0.1, 0.15) is 5.75 Å². The molecule has 1 aromatic rings. The van der Waals surface area contributed by atoms with Gasteiger partial charge >= 0.3 is 0 Å². The lowest BCUT2D eigenvalue weighted by atomic mass is 10.0. The van der Waals surface area contributed by atoms with Crippen molar-refractivity contribution in [3.05, 3.63) is 29.3 Å². The maximum Gasteiger partial charge on any atom is 0.120 e. The zero-order valence-electron chi connectivity index (χ0n) is 10.7. The first-order valence-corrected chi connectivity index (χ1v) is 6.06. The Labute approximate surface area is 98.7 Å². The summed E-state index contributed by atoms with van der Waals surface area (Å²) in [5.41, 5.74) is 2.17. The number of hydrogen-bond donors (Lipinski definition) is 2. The molecule has 1 atom stereocenters. The Kier molecular flexibility index (Phi) is 4.81. The second-order valence-electron chi connectivity index (χ2n) is 4.77. The molecule has 0 radical (unpaired) electrons. The van der Waals surface area contributed by atoms with Crippen molar-refractivity contribution in [2.75, 3.05) is 0 Å². The largest absolute Gasteiger partial charge is 0.508 e. The molecule has 0 aliphatic carbocycles. The van der Waals surface area contributed by atoms with Gasteiger partial charge in [-0.15, -0.1) is 0 Å². The molecular formula is C14H23NO. The number of aryl methyl sites for hydroxylation is 1. The van der Waals surface area contributed by atoms with Crippen molar-refractivity contribution in [1.82, 2.24) is 5.32 Å². The average molecular weight is 221 g/mol. The molecule has 2 N–H and O–H groups in total. The standard InChI is InChI=1S/C14H23NO/c1-5-13(10(2)3)15-9-12-8-11(4)6-7-14(12)16/h6-8,10,13,15-16H,5,9H2,1-4H3. The van der Waals surface area contributed by atoms with Gasteiger partial charge < -0.3 is 10.4 Å². The second-order valence-corrected chi connectivity index (χ2v) is 4.77. The maximum atomic E-state index is 9.72. The molecule has 2 heteroatoms. The van der Waals surface area contributed by atoms with E-state index in [2.05, 4.69) is 26.1 Å². The van der Waals surface area contributed by atoms with E-state index in [9.17, 15) is 5.11 Å². The second kappa shape index (κ2) is 5.90. The molecule has 0 heterocycles. The summed E-state index contributed by atoms with van der Waals surface area (Å²) in [4.78, 5) is 0. The van der Waals surface area contributed by atoms with Crippen LogP contribution in [0.5, 0.6) is 5.75 Å². The van der Waals surface area contributed by atoms with Crippen molar-refractivity contribution < 1.29 is 5.11 Å². The summed E-state index contributed by atoms with van der Waals surface area (Å²) in [5, 5.41) is 13.2. The SMILES string of the molecule is CCC(NCc1cc(C)ccc1O)C(C)C. The van der Waals surface area contributed by atoms with E-state index < -0.39 is 0 Å². The molecule has 0 saturated heterocycles. The fourth-order valence-electron chi connectivity index (χ4n) is 1.95. The van der Waals surface area contributed by atoms with Crippen molar-refractivity contribution in [1.29, 1.82) is 0 Å². The first kappa shape index (κ1) is 13.0. The predicted molar refractivity (Wildman–Crippen MR) is 68.6 cm³/mol. The third-order valence-electron chi connectivity index (χ3n) is 3.03. The number of nitrogens with one attached hydrogen (secondary N) is 1. The van der Waals surface area contributed by atoms with E-state index in [1.807, 2.05) is 19.1 Å². The lowest BCUT2D eigenvalue weighted by Crippen LogP contribution is -2.32. The zero-order valence-corrected chi connectivity index (χ0v) is 10.7. The van der Waals surface area contributed by atoms with E-state index in [0.717, 1.165) is 18.5 Å². The fraction of sp³-hybridized carbons (Fsp3) is 0.571. The molecule has 0 aromatic heterocycles. The quantitative estimate of drug-likeness (QED) is 0.800. The van der Waals surface area contributed by atoms with Gasteiger partial charge in [0.15, 0.2) is 0 Å². The Balaban J connectivity index is 2.63. The molecule has 0 spiro atoms. The van der Waals surface area contributed by atoms with Gasteiger partial charge in [0.2, 0.25) is 0 Å². The normalized spacial score (nSPS) is 13.1. The van der Waals surface area contributed by atoms with Crippen LogP contribution in [0.1, 0.15) is 38.3 Å². The fourth-order valence-corrected chi connectivity index (χ4v) is 1.95. The van der Waals surface area contributed by atoms with E-state index in [1.54, 1.807) is 6.07 Å². The van der Waals surface area contributed by atoms with Gasteiger partial charge in [-0.3, -0.25) is 0 Å². The molecule has 1 aromatic carbocycles. The Bertz CT molecular complexity index is 334. The highest BCUT2D eigenvalue weighted by molar-refractivity contribution is 5.35. The molecule has 0 bridgehead atoms. The van der Waals surface area contributed by atoms with E-state index in [-0.39, 0.29) is 0 Å². The van der Waals surface area contributed by atoms with Gasteiger partial charge in [0.25, 0.3) is 0 Å². The third-order valence-corrected chi connectivity index (χ3v) is 3.03. The Morgan fingerprint density at radius 2 is 2.00 bits per heavy atom. The van der Waals surface area contributed by atoms with Crippen LogP contribution in [-0.2, 0) is 6.54 Å². The average Bonchev–Trinajstić information content (AvgIpc) is 2.23. The van der Waals surface area contributed by atoms with Crippen LogP contribution >= 0.6 is 0 Å². The molecule has 1 rings (SSSR count). The van der Waals surface area contributed by atoms with Crippen molar-refractivity contribution in [3.63, 3.8) is 0 Å². The van der Waals surface area contributed by atoms with Gasteiger partial charge in [0, 0.05) is 18.2 Å². The number of aromatic hydroxyl groups is 1. The summed E-state index contributed by atoms with van der Waals surface area (Å²) in [7, 11) is 0. The molecular weight excluding hydrogens is 198 g/mol. The van der Waals surface area contributed by atoms with Crippen LogP contribution < -0.4 is 5.32 Å². The first-order chi connectivity index (χ1) is 7.54. The van der Waals surface area contributed by atoms with Crippen LogP contribution in [0, 0.1) is 12.8 Å². The first-order valence-electron chi connectivity index (χ1n) is 6.06. The summed E-state index contributed by atoms with van der Waals surface area (Å²) in [6.45, 7) is 9.41. The molecule has 2 nitrogen and oxygen atoms in total. The summed E-state index contributed by atoms with van der Waals surface area (Å²) in [6, 6.07) is 6.25. The molecule has 90 valence electrons. The maximum absolute atomic E-state index is 9.72. The third kappa shape index (κ3) is 3.53.